The fourth-order valence-electron chi connectivity index (χ4n) is 2.27. The minimum Gasteiger partial charge on any atom is -0.495 e. The summed E-state index contributed by atoms with van der Waals surface area (Å²) in [5.74, 6) is 0.993. The molecule has 5 nitrogen and oxygen atoms in total. The summed E-state index contributed by atoms with van der Waals surface area (Å²) in [5, 5.41) is 6.56. The van der Waals surface area contributed by atoms with Crippen LogP contribution in [-0.2, 0) is 4.79 Å². The van der Waals surface area contributed by atoms with Gasteiger partial charge in [-0.3, -0.25) is 4.79 Å². The molecule has 1 aliphatic rings. The summed E-state index contributed by atoms with van der Waals surface area (Å²) in [7, 11) is 3.07. The molecule has 0 aromatic heterocycles. The van der Waals surface area contributed by atoms with Crippen LogP contribution in [-0.4, -0.2) is 33.2 Å². The van der Waals surface area contributed by atoms with Gasteiger partial charge in [0.15, 0.2) is 0 Å². The first-order chi connectivity index (χ1) is 9.65. The Balaban J connectivity index is 0.00000220. The third-order valence-electron chi connectivity index (χ3n) is 3.40. The number of benzene rings is 1. The van der Waals surface area contributed by atoms with Crippen LogP contribution >= 0.6 is 24.0 Å². The lowest BCUT2D eigenvalue weighted by Crippen LogP contribution is -2.37. The summed E-state index contributed by atoms with van der Waals surface area (Å²) >= 11 is 6.04. The standard InChI is InChI=1S/C14H19ClN2O3.ClH/c1-19-12-7-11(13(20-2)6-10(12)15)17-14(18)9-4-3-5-16-8-9;/h6-7,9,16H,3-5,8H2,1-2H3,(H,17,18);1H/t9-;/m1./s1. The first-order valence-electron chi connectivity index (χ1n) is 6.58. The quantitative estimate of drug-likeness (QED) is 0.888. The Labute approximate surface area is 135 Å². The SMILES string of the molecule is COc1cc(NC(=O)[C@@H]2CCCNC2)c(OC)cc1Cl.Cl. The van der Waals surface area contributed by atoms with Crippen LogP contribution in [0.5, 0.6) is 11.5 Å². The molecule has 1 heterocycles. The maximum Gasteiger partial charge on any atom is 0.228 e. The van der Waals surface area contributed by atoms with Crippen molar-refractivity contribution >= 4 is 35.6 Å². The number of carbonyl (C=O) groups is 1. The van der Waals surface area contributed by atoms with Crippen molar-refractivity contribution in [3.8, 4) is 11.5 Å². The van der Waals surface area contributed by atoms with Gasteiger partial charge in [0.2, 0.25) is 5.91 Å². The fourth-order valence-corrected chi connectivity index (χ4v) is 2.50. The second-order valence-corrected chi connectivity index (χ2v) is 5.13. The lowest BCUT2D eigenvalue weighted by Gasteiger charge is -2.22. The highest BCUT2D eigenvalue weighted by atomic mass is 35.5. The van der Waals surface area contributed by atoms with Crippen molar-refractivity contribution < 1.29 is 14.3 Å². The summed E-state index contributed by atoms with van der Waals surface area (Å²) in [6.45, 7) is 1.68. The van der Waals surface area contributed by atoms with Crippen LogP contribution in [0.4, 0.5) is 5.69 Å². The molecule has 1 amide bonds. The summed E-state index contributed by atoms with van der Waals surface area (Å²) in [6.07, 6.45) is 1.91. The maximum atomic E-state index is 12.2. The van der Waals surface area contributed by atoms with Crippen LogP contribution in [0.25, 0.3) is 0 Å². The van der Waals surface area contributed by atoms with Crippen LogP contribution in [0.2, 0.25) is 5.02 Å². The average Bonchev–Trinajstić information content (AvgIpc) is 2.49. The second-order valence-electron chi connectivity index (χ2n) is 4.72. The monoisotopic (exact) mass is 334 g/mol. The van der Waals surface area contributed by atoms with Gasteiger partial charge >= 0.3 is 0 Å². The lowest BCUT2D eigenvalue weighted by atomic mass is 9.99. The van der Waals surface area contributed by atoms with Crippen molar-refractivity contribution in [3.05, 3.63) is 17.2 Å². The van der Waals surface area contributed by atoms with E-state index in [-0.39, 0.29) is 24.2 Å². The number of nitrogens with one attached hydrogen (secondary N) is 2. The summed E-state index contributed by atoms with van der Waals surface area (Å²) in [4.78, 5) is 12.2. The van der Waals surface area contributed by atoms with E-state index >= 15 is 0 Å². The molecular formula is C14H20Cl2N2O3. The minimum atomic E-state index is -0.0184. The number of halogens is 2. The predicted molar refractivity (Wildman–Crippen MR) is 86.0 cm³/mol. The van der Waals surface area contributed by atoms with Gasteiger partial charge in [0.05, 0.1) is 30.8 Å². The van der Waals surface area contributed by atoms with Crippen molar-refractivity contribution in [2.45, 2.75) is 12.8 Å². The fraction of sp³-hybridized carbons (Fsp3) is 0.500. The summed E-state index contributed by atoms with van der Waals surface area (Å²) in [6, 6.07) is 3.31. The first kappa shape index (κ1) is 17.9. The van der Waals surface area contributed by atoms with Crippen molar-refractivity contribution in [2.24, 2.45) is 5.92 Å². The second kappa shape index (κ2) is 8.32. The van der Waals surface area contributed by atoms with Crippen LogP contribution in [0, 0.1) is 5.92 Å². The third kappa shape index (κ3) is 4.40. The molecule has 2 N–H and O–H groups in total. The Hall–Kier alpha value is -1.17. The van der Waals surface area contributed by atoms with Crippen LogP contribution in [0.3, 0.4) is 0 Å². The zero-order valence-electron chi connectivity index (χ0n) is 12.1. The van der Waals surface area contributed by atoms with E-state index in [1.54, 1.807) is 12.1 Å². The molecule has 1 atom stereocenters. The Morgan fingerprint density at radius 2 is 2.05 bits per heavy atom. The number of hydrogen-bond donors (Lipinski definition) is 2. The van der Waals surface area contributed by atoms with E-state index in [0.29, 0.717) is 28.8 Å². The van der Waals surface area contributed by atoms with Crippen LogP contribution in [0.15, 0.2) is 12.1 Å². The van der Waals surface area contributed by atoms with E-state index in [1.165, 1.54) is 14.2 Å². The molecule has 1 fully saturated rings. The van der Waals surface area contributed by atoms with E-state index < -0.39 is 0 Å². The smallest absolute Gasteiger partial charge is 0.228 e. The van der Waals surface area contributed by atoms with Gasteiger partial charge in [-0.05, 0) is 19.4 Å². The van der Waals surface area contributed by atoms with E-state index in [4.69, 9.17) is 21.1 Å². The highest BCUT2D eigenvalue weighted by Crippen LogP contribution is 2.36. The molecule has 2 rings (SSSR count). The molecule has 0 bridgehead atoms. The van der Waals surface area contributed by atoms with Gasteiger partial charge in [-0.2, -0.15) is 0 Å². The Kier molecular flexibility index (Phi) is 7.08. The molecule has 0 spiro atoms. The summed E-state index contributed by atoms with van der Waals surface area (Å²) in [5.41, 5.74) is 0.573. The van der Waals surface area contributed by atoms with Crippen LogP contribution in [0.1, 0.15) is 12.8 Å². The number of rotatable bonds is 4. The lowest BCUT2D eigenvalue weighted by molar-refractivity contribution is -0.120. The zero-order chi connectivity index (χ0) is 14.5. The molecule has 1 saturated heterocycles. The minimum absolute atomic E-state index is 0. The van der Waals surface area contributed by atoms with Crippen molar-refractivity contribution in [2.75, 3.05) is 32.6 Å². The predicted octanol–water partition coefficient (Wildman–Crippen LogP) is 2.72. The number of carbonyl (C=O) groups excluding carboxylic acids is 1. The number of amides is 1. The Morgan fingerprint density at radius 3 is 2.62 bits per heavy atom. The highest BCUT2D eigenvalue weighted by Gasteiger charge is 2.22. The van der Waals surface area contributed by atoms with Gasteiger partial charge < -0.3 is 20.1 Å². The average molecular weight is 335 g/mol. The van der Waals surface area contributed by atoms with E-state index in [2.05, 4.69) is 10.6 Å². The third-order valence-corrected chi connectivity index (χ3v) is 3.69. The molecule has 1 aliphatic heterocycles. The molecule has 118 valence electrons. The van der Waals surface area contributed by atoms with Crippen LogP contribution < -0.4 is 20.1 Å². The molecule has 0 aliphatic carbocycles. The highest BCUT2D eigenvalue weighted by molar-refractivity contribution is 6.32. The summed E-state index contributed by atoms with van der Waals surface area (Å²) < 4.78 is 10.4. The maximum absolute atomic E-state index is 12.2. The van der Waals surface area contributed by atoms with Gasteiger partial charge in [0, 0.05) is 18.7 Å². The van der Waals surface area contributed by atoms with Crippen molar-refractivity contribution in [3.63, 3.8) is 0 Å². The van der Waals surface area contributed by atoms with Gasteiger partial charge in [0.25, 0.3) is 0 Å². The number of hydrogen-bond acceptors (Lipinski definition) is 4. The Bertz CT molecular complexity index is 491. The largest absolute Gasteiger partial charge is 0.495 e. The number of ether oxygens (including phenoxy) is 2. The topological polar surface area (TPSA) is 59.6 Å². The number of methoxy groups -OCH3 is 2. The van der Waals surface area contributed by atoms with Gasteiger partial charge in [-0.1, -0.05) is 11.6 Å². The molecular weight excluding hydrogens is 315 g/mol. The molecule has 0 unspecified atom stereocenters. The number of anilines is 1. The first-order valence-corrected chi connectivity index (χ1v) is 6.96. The van der Waals surface area contributed by atoms with Gasteiger partial charge in [0.1, 0.15) is 11.5 Å². The molecule has 0 radical (unpaired) electrons. The molecule has 7 heteroatoms. The zero-order valence-corrected chi connectivity index (χ0v) is 13.6. The van der Waals surface area contributed by atoms with Crippen molar-refractivity contribution in [1.29, 1.82) is 0 Å². The van der Waals surface area contributed by atoms with E-state index in [1.807, 2.05) is 0 Å². The molecule has 0 saturated carbocycles. The van der Waals surface area contributed by atoms with E-state index in [9.17, 15) is 4.79 Å². The van der Waals surface area contributed by atoms with Gasteiger partial charge in [-0.25, -0.2) is 0 Å². The van der Waals surface area contributed by atoms with Gasteiger partial charge in [-0.15, -0.1) is 12.4 Å². The van der Waals surface area contributed by atoms with Crippen molar-refractivity contribution in [1.82, 2.24) is 5.32 Å². The van der Waals surface area contributed by atoms with E-state index in [0.717, 1.165) is 19.4 Å². The molecule has 21 heavy (non-hydrogen) atoms. The Morgan fingerprint density at radius 1 is 1.33 bits per heavy atom. The number of piperidine rings is 1. The molecule has 1 aromatic rings. The molecule has 1 aromatic carbocycles. The normalized spacial score (nSPS) is 17.6.